The third kappa shape index (κ3) is 3.54. The Morgan fingerprint density at radius 3 is 2.57 bits per heavy atom. The van der Waals surface area contributed by atoms with Crippen LogP contribution in [0.1, 0.15) is 28.8 Å². The van der Waals surface area contributed by atoms with Crippen LogP contribution in [0.25, 0.3) is 0 Å². The number of amides is 2. The maximum Gasteiger partial charge on any atom is 0.272 e. The summed E-state index contributed by atoms with van der Waals surface area (Å²) in [5, 5.41) is 3.04. The lowest BCUT2D eigenvalue weighted by molar-refractivity contribution is -0.115. The molecule has 1 spiro atoms. The van der Waals surface area contributed by atoms with Crippen LogP contribution in [0.3, 0.4) is 0 Å². The van der Waals surface area contributed by atoms with E-state index in [1.54, 1.807) is 24.1 Å². The fraction of sp³-hybridized carbons (Fsp3) is 0.286. The van der Waals surface area contributed by atoms with Crippen molar-refractivity contribution in [3.63, 3.8) is 0 Å². The summed E-state index contributed by atoms with van der Waals surface area (Å²) < 4.78 is 6.16. The van der Waals surface area contributed by atoms with Gasteiger partial charge in [0.25, 0.3) is 11.8 Å². The van der Waals surface area contributed by atoms with Gasteiger partial charge in [-0.3, -0.25) is 14.6 Å². The van der Waals surface area contributed by atoms with Crippen molar-refractivity contribution in [1.82, 2.24) is 10.2 Å². The van der Waals surface area contributed by atoms with Gasteiger partial charge in [0.2, 0.25) is 0 Å². The van der Waals surface area contributed by atoms with Crippen molar-refractivity contribution >= 4 is 33.5 Å². The minimum Gasteiger partial charge on any atom is -0.497 e. The zero-order chi connectivity index (χ0) is 19.7. The molecule has 0 aliphatic carbocycles. The standard InChI is InChI=1S/C21H20BrN3O3/c1-28-17-4-2-3-15(13-17)20(27)25-11-9-21(10-12-25)23-18(19(26)24-21)14-5-7-16(22)8-6-14/h2-8,13H,9-12H2,1H3,(H,24,26). The summed E-state index contributed by atoms with van der Waals surface area (Å²) in [6.45, 7) is 1.07. The number of nitrogens with zero attached hydrogens (tertiary/aromatic N) is 2. The molecule has 0 radical (unpaired) electrons. The first-order valence-corrected chi connectivity index (χ1v) is 9.91. The number of methoxy groups -OCH3 is 1. The molecule has 2 amide bonds. The maximum absolute atomic E-state index is 12.8. The predicted octanol–water partition coefficient (Wildman–Crippen LogP) is 3.01. The van der Waals surface area contributed by atoms with Crippen LogP contribution in [0.5, 0.6) is 5.75 Å². The molecule has 0 bridgehead atoms. The Morgan fingerprint density at radius 2 is 1.89 bits per heavy atom. The van der Waals surface area contributed by atoms with Crippen molar-refractivity contribution in [3.05, 3.63) is 64.1 Å². The molecule has 1 N–H and O–H groups in total. The van der Waals surface area contributed by atoms with Gasteiger partial charge in [-0.05, 0) is 30.3 Å². The molecule has 7 heteroatoms. The highest BCUT2D eigenvalue weighted by atomic mass is 79.9. The van der Waals surface area contributed by atoms with Crippen molar-refractivity contribution in [2.24, 2.45) is 4.99 Å². The fourth-order valence-corrected chi connectivity index (χ4v) is 3.89. The highest BCUT2D eigenvalue weighted by molar-refractivity contribution is 9.10. The Balaban J connectivity index is 1.48. The van der Waals surface area contributed by atoms with Crippen molar-refractivity contribution in [2.75, 3.05) is 20.2 Å². The van der Waals surface area contributed by atoms with Gasteiger partial charge in [0.15, 0.2) is 0 Å². The SMILES string of the molecule is COc1cccc(C(=O)N2CCC3(CC2)N=C(c2ccc(Br)cc2)C(=O)N3)c1. The molecule has 0 aromatic heterocycles. The van der Waals surface area contributed by atoms with Crippen LogP contribution in [0.15, 0.2) is 58.0 Å². The number of hydrogen-bond donors (Lipinski definition) is 1. The summed E-state index contributed by atoms with van der Waals surface area (Å²) >= 11 is 3.40. The summed E-state index contributed by atoms with van der Waals surface area (Å²) in [5.74, 6) is 0.469. The quantitative estimate of drug-likeness (QED) is 0.795. The predicted molar refractivity (Wildman–Crippen MR) is 110 cm³/mol. The number of halogens is 1. The Kier molecular flexibility index (Phi) is 4.93. The van der Waals surface area contributed by atoms with Gasteiger partial charge in [0.05, 0.1) is 7.11 Å². The van der Waals surface area contributed by atoms with E-state index in [9.17, 15) is 9.59 Å². The lowest BCUT2D eigenvalue weighted by atomic mass is 9.97. The Bertz CT molecular complexity index is 948. The van der Waals surface area contributed by atoms with E-state index in [0.717, 1.165) is 10.0 Å². The zero-order valence-electron chi connectivity index (χ0n) is 15.4. The number of hydrogen-bond acceptors (Lipinski definition) is 4. The summed E-state index contributed by atoms with van der Waals surface area (Å²) in [4.78, 5) is 31.8. The third-order valence-electron chi connectivity index (χ3n) is 5.20. The normalized spacial score (nSPS) is 18.0. The number of piperidine rings is 1. The van der Waals surface area contributed by atoms with Crippen molar-refractivity contribution in [3.8, 4) is 5.75 Å². The molecule has 2 aliphatic heterocycles. The van der Waals surface area contributed by atoms with Crippen LogP contribution in [0.2, 0.25) is 0 Å². The van der Waals surface area contributed by atoms with Gasteiger partial charge in [-0.2, -0.15) is 0 Å². The molecule has 2 aliphatic rings. The molecule has 6 nitrogen and oxygen atoms in total. The molecule has 2 heterocycles. The van der Waals surface area contributed by atoms with Gasteiger partial charge in [-0.25, -0.2) is 0 Å². The van der Waals surface area contributed by atoms with Crippen LogP contribution in [-0.2, 0) is 4.79 Å². The van der Waals surface area contributed by atoms with Gasteiger partial charge < -0.3 is 15.0 Å². The van der Waals surface area contributed by atoms with E-state index < -0.39 is 5.66 Å². The first kappa shape index (κ1) is 18.7. The topological polar surface area (TPSA) is 71.0 Å². The molecule has 0 saturated carbocycles. The number of nitrogens with one attached hydrogen (secondary N) is 1. The Hall–Kier alpha value is -2.67. The second-order valence-electron chi connectivity index (χ2n) is 6.98. The van der Waals surface area contributed by atoms with E-state index in [2.05, 4.69) is 21.2 Å². The molecule has 28 heavy (non-hydrogen) atoms. The smallest absolute Gasteiger partial charge is 0.272 e. The van der Waals surface area contributed by atoms with E-state index in [0.29, 0.717) is 43.0 Å². The monoisotopic (exact) mass is 441 g/mol. The van der Waals surface area contributed by atoms with Crippen molar-refractivity contribution < 1.29 is 14.3 Å². The molecule has 1 fully saturated rings. The molecule has 2 aromatic carbocycles. The van der Waals surface area contributed by atoms with Crippen LogP contribution < -0.4 is 10.1 Å². The lowest BCUT2D eigenvalue weighted by Gasteiger charge is -2.37. The van der Waals surface area contributed by atoms with Crippen molar-refractivity contribution in [1.29, 1.82) is 0 Å². The first-order valence-electron chi connectivity index (χ1n) is 9.11. The van der Waals surface area contributed by atoms with Gasteiger partial charge in [-0.1, -0.05) is 34.1 Å². The summed E-state index contributed by atoms with van der Waals surface area (Å²) in [6, 6.07) is 14.7. The average molecular weight is 442 g/mol. The first-order chi connectivity index (χ1) is 13.5. The molecule has 0 unspecified atom stereocenters. The summed E-state index contributed by atoms with van der Waals surface area (Å²) in [7, 11) is 1.58. The van der Waals surface area contributed by atoms with E-state index in [1.165, 1.54) is 0 Å². The van der Waals surface area contributed by atoms with E-state index in [-0.39, 0.29) is 11.8 Å². The largest absolute Gasteiger partial charge is 0.497 e. The number of carbonyl (C=O) groups is 2. The third-order valence-corrected chi connectivity index (χ3v) is 5.73. The highest BCUT2D eigenvalue weighted by Crippen LogP contribution is 2.30. The minimum absolute atomic E-state index is 0.0322. The minimum atomic E-state index is -0.620. The van der Waals surface area contributed by atoms with Crippen LogP contribution >= 0.6 is 15.9 Å². The van der Waals surface area contributed by atoms with Crippen molar-refractivity contribution in [2.45, 2.75) is 18.5 Å². The number of likely N-dealkylation sites (tertiary alicyclic amines) is 1. The van der Waals surface area contributed by atoms with Gasteiger partial charge in [0, 0.05) is 41.5 Å². The molecular weight excluding hydrogens is 422 g/mol. The van der Waals surface area contributed by atoms with Crippen LogP contribution in [-0.4, -0.2) is 48.3 Å². The van der Waals surface area contributed by atoms with Crippen LogP contribution in [0, 0.1) is 0 Å². The highest BCUT2D eigenvalue weighted by Gasteiger charge is 2.42. The number of rotatable bonds is 3. The number of ether oxygens (including phenoxy) is 1. The van der Waals surface area contributed by atoms with Gasteiger partial charge in [-0.15, -0.1) is 0 Å². The van der Waals surface area contributed by atoms with E-state index in [4.69, 9.17) is 9.73 Å². The second-order valence-corrected chi connectivity index (χ2v) is 7.89. The van der Waals surface area contributed by atoms with E-state index >= 15 is 0 Å². The number of carbonyl (C=O) groups excluding carboxylic acids is 2. The second kappa shape index (κ2) is 7.39. The number of aliphatic imine (C=N–C) groups is 1. The molecule has 1 saturated heterocycles. The van der Waals surface area contributed by atoms with Gasteiger partial charge >= 0.3 is 0 Å². The maximum atomic E-state index is 12.8. The Labute approximate surface area is 171 Å². The van der Waals surface area contributed by atoms with Gasteiger partial charge in [0.1, 0.15) is 17.1 Å². The molecule has 144 valence electrons. The zero-order valence-corrected chi connectivity index (χ0v) is 17.0. The molecule has 2 aromatic rings. The number of benzene rings is 2. The van der Waals surface area contributed by atoms with Crippen LogP contribution in [0.4, 0.5) is 0 Å². The summed E-state index contributed by atoms with van der Waals surface area (Å²) in [5.41, 5.74) is 1.24. The fourth-order valence-electron chi connectivity index (χ4n) is 3.62. The molecule has 0 atom stereocenters. The molecule has 4 rings (SSSR count). The molecular formula is C21H20BrN3O3. The van der Waals surface area contributed by atoms with E-state index in [1.807, 2.05) is 36.4 Å². The average Bonchev–Trinajstić information content (AvgIpc) is 3.04. The lowest BCUT2D eigenvalue weighted by Crippen LogP contribution is -2.52. The Morgan fingerprint density at radius 1 is 1.18 bits per heavy atom. The summed E-state index contributed by atoms with van der Waals surface area (Å²) in [6.07, 6.45) is 1.18.